The lowest BCUT2D eigenvalue weighted by atomic mass is 10.2. The number of aryl methyl sites for hydroxylation is 1. The van der Waals surface area contributed by atoms with Crippen molar-refractivity contribution in [2.75, 3.05) is 6.26 Å². The van der Waals surface area contributed by atoms with Crippen LogP contribution in [0.25, 0.3) is 0 Å². The average Bonchev–Trinajstić information content (AvgIpc) is 2.49. The third-order valence-corrected chi connectivity index (χ3v) is 3.49. The second-order valence-corrected chi connectivity index (χ2v) is 6.66. The van der Waals surface area contributed by atoms with Crippen molar-refractivity contribution >= 4 is 15.9 Å². The number of pyridine rings is 1. The quantitative estimate of drug-likeness (QED) is 0.889. The molecule has 1 aromatic carbocycles. The summed E-state index contributed by atoms with van der Waals surface area (Å²) in [6, 6.07) is 4.46. The van der Waals surface area contributed by atoms with Crippen LogP contribution in [0.2, 0.25) is 0 Å². The molecule has 0 radical (unpaired) electrons. The number of hydrogen-bond donors (Lipinski definition) is 1. The third-order valence-electron chi connectivity index (χ3n) is 2.93. The molecule has 0 spiro atoms. The maximum atomic E-state index is 14.0. The smallest absolute Gasteiger partial charge is 0.267 e. The molecule has 1 amide bonds. The lowest BCUT2D eigenvalue weighted by Crippen LogP contribution is -2.30. The zero-order valence-corrected chi connectivity index (χ0v) is 13.7. The monoisotopic (exact) mass is 356 g/mol. The molecule has 0 bridgehead atoms. The van der Waals surface area contributed by atoms with E-state index in [1.165, 1.54) is 6.20 Å². The molecule has 0 atom stereocenters. The van der Waals surface area contributed by atoms with E-state index in [9.17, 15) is 22.0 Å². The molecule has 0 aliphatic carbocycles. The van der Waals surface area contributed by atoms with E-state index in [0.717, 1.165) is 11.9 Å². The van der Waals surface area contributed by atoms with Gasteiger partial charge in [-0.15, -0.1) is 0 Å². The van der Waals surface area contributed by atoms with Crippen LogP contribution in [0.4, 0.5) is 8.78 Å². The van der Waals surface area contributed by atoms with Crippen LogP contribution in [0.15, 0.2) is 30.5 Å². The zero-order valence-electron chi connectivity index (χ0n) is 12.8. The molecule has 2 rings (SSSR count). The molecule has 0 saturated heterocycles. The Morgan fingerprint density at radius 3 is 2.50 bits per heavy atom. The van der Waals surface area contributed by atoms with Gasteiger partial charge >= 0.3 is 0 Å². The first-order chi connectivity index (χ1) is 11.2. The molecule has 0 aliphatic heterocycles. The van der Waals surface area contributed by atoms with Crippen LogP contribution in [0, 0.1) is 11.6 Å². The van der Waals surface area contributed by atoms with Crippen molar-refractivity contribution in [3.05, 3.63) is 53.4 Å². The van der Waals surface area contributed by atoms with E-state index in [1.807, 2.05) is 6.92 Å². The number of carbonyl (C=O) groups excluding carboxylic acids is 1. The number of hydrogen-bond acceptors (Lipinski definition) is 5. The molecule has 6 nitrogen and oxygen atoms in total. The molecule has 0 saturated carbocycles. The Hall–Kier alpha value is -2.55. The van der Waals surface area contributed by atoms with Gasteiger partial charge in [-0.3, -0.25) is 9.78 Å². The lowest BCUT2D eigenvalue weighted by molar-refractivity contribution is 0.0977. The molecule has 0 unspecified atom stereocenters. The molecule has 1 N–H and O–H groups in total. The molecular formula is C15H14F2N2O4S. The summed E-state index contributed by atoms with van der Waals surface area (Å²) in [5, 5.41) is 0. The summed E-state index contributed by atoms with van der Waals surface area (Å²) >= 11 is 0. The first kappa shape index (κ1) is 17.8. The minimum absolute atomic E-state index is 0.193. The van der Waals surface area contributed by atoms with Crippen LogP contribution in [-0.2, 0) is 16.4 Å². The van der Waals surface area contributed by atoms with Gasteiger partial charge in [0.2, 0.25) is 10.0 Å². The topological polar surface area (TPSA) is 85.4 Å². The summed E-state index contributed by atoms with van der Waals surface area (Å²) in [5.41, 5.74) is 0.0616. The summed E-state index contributed by atoms with van der Waals surface area (Å²) in [6.45, 7) is 1.91. The number of amides is 1. The van der Waals surface area contributed by atoms with Crippen molar-refractivity contribution in [1.29, 1.82) is 0 Å². The van der Waals surface area contributed by atoms with Gasteiger partial charge in [0, 0.05) is 11.8 Å². The zero-order chi connectivity index (χ0) is 17.9. The largest absolute Gasteiger partial charge is 0.453 e. The van der Waals surface area contributed by atoms with Gasteiger partial charge in [-0.05, 0) is 24.6 Å². The van der Waals surface area contributed by atoms with Crippen molar-refractivity contribution in [3.8, 4) is 11.5 Å². The molecule has 0 fully saturated rings. The Morgan fingerprint density at radius 2 is 1.96 bits per heavy atom. The second-order valence-electron chi connectivity index (χ2n) is 4.91. The fourth-order valence-corrected chi connectivity index (χ4v) is 2.26. The van der Waals surface area contributed by atoms with Crippen molar-refractivity contribution in [2.45, 2.75) is 13.3 Å². The first-order valence-corrected chi connectivity index (χ1v) is 8.72. The minimum Gasteiger partial charge on any atom is -0.453 e. The standard InChI is InChI=1S/C15H14F2N2O4S/c1-3-9-4-5-10(8-18-9)23-14-7-12(16)11(6-13(14)17)15(20)19-24(2,21)22/h4-8H,3H2,1-2H3,(H,19,20). The Bertz CT molecular complexity index is 868. The third kappa shape index (κ3) is 4.48. The van der Waals surface area contributed by atoms with Crippen LogP contribution in [0.5, 0.6) is 11.5 Å². The van der Waals surface area contributed by atoms with Crippen LogP contribution in [0.1, 0.15) is 23.0 Å². The van der Waals surface area contributed by atoms with Crippen molar-refractivity contribution in [3.63, 3.8) is 0 Å². The molecule has 1 heterocycles. The lowest BCUT2D eigenvalue weighted by Gasteiger charge is -2.09. The highest BCUT2D eigenvalue weighted by Crippen LogP contribution is 2.27. The number of benzene rings is 1. The van der Waals surface area contributed by atoms with Gasteiger partial charge in [-0.1, -0.05) is 6.92 Å². The molecular weight excluding hydrogens is 342 g/mol. The number of aromatic nitrogens is 1. The van der Waals surface area contributed by atoms with E-state index < -0.39 is 38.9 Å². The second kappa shape index (κ2) is 6.91. The van der Waals surface area contributed by atoms with Gasteiger partial charge in [-0.2, -0.15) is 0 Å². The summed E-state index contributed by atoms with van der Waals surface area (Å²) in [6.07, 6.45) is 2.80. The number of ether oxygens (including phenoxy) is 1. The molecule has 2 aromatic rings. The van der Waals surface area contributed by atoms with Crippen LogP contribution in [0.3, 0.4) is 0 Å². The highest BCUT2D eigenvalue weighted by atomic mass is 32.2. The van der Waals surface area contributed by atoms with Gasteiger partial charge < -0.3 is 4.74 Å². The predicted molar refractivity (Wildman–Crippen MR) is 82.4 cm³/mol. The van der Waals surface area contributed by atoms with E-state index in [1.54, 1.807) is 16.9 Å². The van der Waals surface area contributed by atoms with Crippen molar-refractivity contribution in [1.82, 2.24) is 9.71 Å². The number of carbonyl (C=O) groups is 1. The van der Waals surface area contributed by atoms with E-state index >= 15 is 0 Å². The Kier molecular flexibility index (Phi) is 5.13. The number of nitrogens with one attached hydrogen (secondary N) is 1. The molecule has 1 aromatic heterocycles. The van der Waals surface area contributed by atoms with E-state index in [-0.39, 0.29) is 5.75 Å². The molecule has 0 aliphatic rings. The van der Waals surface area contributed by atoms with Gasteiger partial charge in [-0.25, -0.2) is 21.9 Å². The van der Waals surface area contributed by atoms with E-state index in [0.29, 0.717) is 18.6 Å². The minimum atomic E-state index is -3.89. The number of rotatable bonds is 5. The van der Waals surface area contributed by atoms with Crippen molar-refractivity contribution in [2.24, 2.45) is 0 Å². The van der Waals surface area contributed by atoms with Crippen LogP contribution < -0.4 is 9.46 Å². The summed E-state index contributed by atoms with van der Waals surface area (Å²) < 4.78 is 56.7. The first-order valence-electron chi connectivity index (χ1n) is 6.83. The van der Waals surface area contributed by atoms with Crippen LogP contribution >= 0.6 is 0 Å². The Labute approximate surface area is 137 Å². The highest BCUT2D eigenvalue weighted by Gasteiger charge is 2.19. The van der Waals surface area contributed by atoms with E-state index in [4.69, 9.17) is 4.74 Å². The highest BCUT2D eigenvalue weighted by molar-refractivity contribution is 7.89. The summed E-state index contributed by atoms with van der Waals surface area (Å²) in [7, 11) is -3.89. The fraction of sp³-hybridized carbons (Fsp3) is 0.200. The van der Waals surface area contributed by atoms with Gasteiger partial charge in [0.25, 0.3) is 5.91 Å². The molecule has 9 heteroatoms. The SMILES string of the molecule is CCc1ccc(Oc2cc(F)c(C(=O)NS(C)(=O)=O)cc2F)cn1. The number of halogens is 2. The van der Waals surface area contributed by atoms with Crippen LogP contribution in [-0.4, -0.2) is 25.6 Å². The van der Waals surface area contributed by atoms with Gasteiger partial charge in [0.05, 0.1) is 18.0 Å². The number of nitrogens with zero attached hydrogens (tertiary/aromatic N) is 1. The summed E-state index contributed by atoms with van der Waals surface area (Å²) in [4.78, 5) is 15.7. The number of sulfonamides is 1. The maximum Gasteiger partial charge on any atom is 0.267 e. The fourth-order valence-electron chi connectivity index (χ4n) is 1.81. The average molecular weight is 356 g/mol. The van der Waals surface area contributed by atoms with Crippen molar-refractivity contribution < 1.29 is 26.7 Å². The Morgan fingerprint density at radius 1 is 1.25 bits per heavy atom. The Balaban J connectivity index is 2.27. The van der Waals surface area contributed by atoms with Gasteiger partial charge in [0.1, 0.15) is 11.6 Å². The molecule has 24 heavy (non-hydrogen) atoms. The normalized spacial score (nSPS) is 11.2. The summed E-state index contributed by atoms with van der Waals surface area (Å²) in [5.74, 6) is -3.66. The maximum absolute atomic E-state index is 14.0. The van der Waals surface area contributed by atoms with Gasteiger partial charge in [0.15, 0.2) is 11.6 Å². The molecule has 128 valence electrons. The van der Waals surface area contributed by atoms with E-state index in [2.05, 4.69) is 4.98 Å². The predicted octanol–water partition coefficient (Wildman–Crippen LogP) is 2.40.